The Labute approximate surface area is 169 Å². The Hall–Kier alpha value is -1.99. The maximum atomic E-state index is 6.13. The fourth-order valence-corrected chi connectivity index (χ4v) is 3.77. The number of halogens is 2. The van der Waals surface area contributed by atoms with Crippen LogP contribution in [0.3, 0.4) is 0 Å². The zero-order valence-corrected chi connectivity index (χ0v) is 17.1. The summed E-state index contributed by atoms with van der Waals surface area (Å²) in [7, 11) is 1.82. The Morgan fingerprint density at radius 3 is 2.93 bits per heavy atom. The molecule has 3 heterocycles. The number of rotatable bonds is 5. The van der Waals surface area contributed by atoms with Crippen LogP contribution in [0.2, 0.25) is 10.0 Å². The number of pyridine rings is 1. The summed E-state index contributed by atoms with van der Waals surface area (Å²) in [4.78, 5) is 15.1. The van der Waals surface area contributed by atoms with Gasteiger partial charge in [0.25, 0.3) is 0 Å². The van der Waals surface area contributed by atoms with Crippen molar-refractivity contribution in [1.82, 2.24) is 24.8 Å². The minimum Gasteiger partial charge on any atom is -0.367 e. The molecule has 0 bridgehead atoms. The van der Waals surface area contributed by atoms with E-state index in [-0.39, 0.29) is 0 Å². The second-order valence-electron chi connectivity index (χ2n) is 6.67. The number of guanidine groups is 1. The molecule has 1 saturated heterocycles. The van der Waals surface area contributed by atoms with Crippen LogP contribution in [0.5, 0.6) is 0 Å². The number of nitrogens with zero attached hydrogens (tertiary/aromatic N) is 5. The summed E-state index contributed by atoms with van der Waals surface area (Å²) >= 11 is 12.0. The van der Waals surface area contributed by atoms with Gasteiger partial charge in [0.1, 0.15) is 5.82 Å². The van der Waals surface area contributed by atoms with Crippen molar-refractivity contribution >= 4 is 35.0 Å². The number of aliphatic imine (C=N–C) groups is 1. The van der Waals surface area contributed by atoms with Crippen molar-refractivity contribution in [2.45, 2.75) is 19.4 Å². The Morgan fingerprint density at radius 1 is 1.37 bits per heavy atom. The van der Waals surface area contributed by atoms with Gasteiger partial charge < -0.3 is 20.1 Å². The van der Waals surface area contributed by atoms with E-state index in [2.05, 4.69) is 42.0 Å². The highest BCUT2D eigenvalue weighted by molar-refractivity contribution is 6.35. The summed E-state index contributed by atoms with van der Waals surface area (Å²) in [6.07, 6.45) is 8.46. The average Bonchev–Trinajstić information content (AvgIpc) is 3.18. The molecule has 0 aliphatic carbocycles. The van der Waals surface area contributed by atoms with E-state index in [0.717, 1.165) is 25.5 Å². The smallest absolute Gasteiger partial charge is 0.193 e. The average molecular weight is 410 g/mol. The monoisotopic (exact) mass is 409 g/mol. The van der Waals surface area contributed by atoms with E-state index in [1.54, 1.807) is 12.3 Å². The molecule has 2 atom stereocenters. The van der Waals surface area contributed by atoms with Gasteiger partial charge in [-0.15, -0.1) is 0 Å². The van der Waals surface area contributed by atoms with E-state index in [4.69, 9.17) is 23.2 Å². The van der Waals surface area contributed by atoms with Crippen molar-refractivity contribution in [2.75, 3.05) is 38.5 Å². The van der Waals surface area contributed by atoms with Crippen molar-refractivity contribution in [3.63, 3.8) is 0 Å². The lowest BCUT2D eigenvalue weighted by Gasteiger charge is -2.39. The number of piperidine rings is 1. The van der Waals surface area contributed by atoms with E-state index in [1.807, 2.05) is 25.8 Å². The van der Waals surface area contributed by atoms with Crippen molar-refractivity contribution in [1.29, 1.82) is 0 Å². The molecule has 146 valence electrons. The van der Waals surface area contributed by atoms with E-state index >= 15 is 0 Å². The highest BCUT2D eigenvalue weighted by atomic mass is 35.5. The maximum absolute atomic E-state index is 6.13. The summed E-state index contributed by atoms with van der Waals surface area (Å²) in [6.45, 7) is 5.57. The third kappa shape index (κ3) is 5.05. The first-order valence-electron chi connectivity index (χ1n) is 9.06. The molecule has 2 unspecified atom stereocenters. The summed E-state index contributed by atoms with van der Waals surface area (Å²) in [5, 5.41) is 7.66. The van der Waals surface area contributed by atoms with Gasteiger partial charge in [-0.05, 0) is 18.4 Å². The van der Waals surface area contributed by atoms with Gasteiger partial charge in [0.2, 0.25) is 0 Å². The molecule has 27 heavy (non-hydrogen) atoms. The van der Waals surface area contributed by atoms with E-state index in [0.29, 0.717) is 40.9 Å². The lowest BCUT2D eigenvalue weighted by Crippen LogP contribution is -2.49. The molecule has 0 saturated carbocycles. The summed E-state index contributed by atoms with van der Waals surface area (Å²) in [5.74, 6) is 2.14. The minimum atomic E-state index is 0.398. The second kappa shape index (κ2) is 9.28. The van der Waals surface area contributed by atoms with Crippen LogP contribution in [0.15, 0.2) is 36.0 Å². The number of imidazole rings is 1. The van der Waals surface area contributed by atoms with Crippen LogP contribution < -0.4 is 10.6 Å². The molecular weight excluding hydrogens is 385 g/mol. The first kappa shape index (κ1) is 19.8. The molecule has 3 rings (SSSR count). The predicted molar refractivity (Wildman–Crippen MR) is 111 cm³/mol. The molecule has 2 N–H and O–H groups in total. The Kier molecular flexibility index (Phi) is 6.79. The van der Waals surface area contributed by atoms with Gasteiger partial charge in [0, 0.05) is 51.8 Å². The summed E-state index contributed by atoms with van der Waals surface area (Å²) in [6, 6.07) is 2.07. The van der Waals surface area contributed by atoms with Crippen molar-refractivity contribution in [3.8, 4) is 0 Å². The van der Waals surface area contributed by atoms with Crippen LogP contribution in [0.4, 0.5) is 5.82 Å². The van der Waals surface area contributed by atoms with E-state index in [1.165, 1.54) is 0 Å². The second-order valence-corrected chi connectivity index (χ2v) is 7.52. The standard InChI is InChI=1S/C18H25Cl2N7/c1-13-3-7-26(11-16(13)27-8-6-22-12-27)18(21-2)24-5-4-23-17-15(20)9-14(19)10-25-17/h6,8-10,12-13,16H,3-5,7,11H2,1-2H3,(H,21,24)(H,23,25). The first-order valence-corrected chi connectivity index (χ1v) is 9.82. The molecule has 1 aliphatic rings. The number of hydrogen-bond acceptors (Lipinski definition) is 4. The van der Waals surface area contributed by atoms with E-state index in [9.17, 15) is 0 Å². The van der Waals surface area contributed by atoms with Crippen molar-refractivity contribution in [3.05, 3.63) is 41.0 Å². The molecule has 1 fully saturated rings. The number of nitrogens with one attached hydrogen (secondary N) is 2. The fraction of sp³-hybridized carbons (Fsp3) is 0.500. The van der Waals surface area contributed by atoms with Crippen LogP contribution in [0.1, 0.15) is 19.4 Å². The fourth-order valence-electron chi connectivity index (χ4n) is 3.33. The Balaban J connectivity index is 1.51. The zero-order chi connectivity index (χ0) is 19.2. The van der Waals surface area contributed by atoms with Gasteiger partial charge in [-0.2, -0.15) is 0 Å². The van der Waals surface area contributed by atoms with Crippen LogP contribution in [0, 0.1) is 5.92 Å². The topological polar surface area (TPSA) is 70.4 Å². The van der Waals surface area contributed by atoms with Gasteiger partial charge in [0.05, 0.1) is 22.4 Å². The van der Waals surface area contributed by atoms with Crippen LogP contribution in [0.25, 0.3) is 0 Å². The van der Waals surface area contributed by atoms with Gasteiger partial charge in [0.15, 0.2) is 5.96 Å². The molecule has 0 amide bonds. The maximum Gasteiger partial charge on any atom is 0.193 e. The van der Waals surface area contributed by atoms with Crippen molar-refractivity contribution < 1.29 is 0 Å². The van der Waals surface area contributed by atoms with Gasteiger partial charge in [-0.25, -0.2) is 9.97 Å². The van der Waals surface area contributed by atoms with Crippen LogP contribution in [-0.4, -0.2) is 58.6 Å². The first-order chi connectivity index (χ1) is 13.1. The van der Waals surface area contributed by atoms with Gasteiger partial charge >= 0.3 is 0 Å². The third-order valence-electron chi connectivity index (χ3n) is 4.85. The van der Waals surface area contributed by atoms with Crippen LogP contribution >= 0.6 is 23.2 Å². The molecule has 7 nitrogen and oxygen atoms in total. The quantitative estimate of drug-likeness (QED) is 0.450. The molecule has 2 aromatic rings. The zero-order valence-electron chi connectivity index (χ0n) is 15.6. The summed E-state index contributed by atoms with van der Waals surface area (Å²) < 4.78 is 2.19. The van der Waals surface area contributed by atoms with Gasteiger partial charge in [-0.1, -0.05) is 30.1 Å². The third-order valence-corrected chi connectivity index (χ3v) is 5.34. The van der Waals surface area contributed by atoms with E-state index < -0.39 is 0 Å². The molecule has 1 aliphatic heterocycles. The molecule has 0 spiro atoms. The SMILES string of the molecule is CN=C(NCCNc1ncc(Cl)cc1Cl)N1CCC(C)C(n2ccnc2)C1. The number of aromatic nitrogens is 3. The largest absolute Gasteiger partial charge is 0.367 e. The molecule has 0 aromatic carbocycles. The Bertz CT molecular complexity index is 763. The number of hydrogen-bond donors (Lipinski definition) is 2. The molecular formula is C18H25Cl2N7. The normalized spacial score (nSPS) is 20.6. The lowest BCUT2D eigenvalue weighted by atomic mass is 9.93. The minimum absolute atomic E-state index is 0.398. The predicted octanol–water partition coefficient (Wildman–Crippen LogP) is 3.16. The molecule has 9 heteroatoms. The molecule has 0 radical (unpaired) electrons. The summed E-state index contributed by atoms with van der Waals surface area (Å²) in [5.41, 5.74) is 0. The van der Waals surface area contributed by atoms with Crippen molar-refractivity contribution in [2.24, 2.45) is 10.9 Å². The molecule has 2 aromatic heterocycles. The highest BCUT2D eigenvalue weighted by Gasteiger charge is 2.28. The van der Waals surface area contributed by atoms with Gasteiger partial charge in [-0.3, -0.25) is 4.99 Å². The number of anilines is 1. The highest BCUT2D eigenvalue weighted by Crippen LogP contribution is 2.27. The van der Waals surface area contributed by atoms with Crippen LogP contribution in [-0.2, 0) is 0 Å². The number of likely N-dealkylation sites (tertiary alicyclic amines) is 1. The Morgan fingerprint density at radius 2 is 2.22 bits per heavy atom. The lowest BCUT2D eigenvalue weighted by molar-refractivity contribution is 0.189.